The SMILES string of the molecule is [2H]CN(C[2H])[C@](CC(=O)C(N)CC)(C(=O)[C@H](C)O)C(=O)[C@@](C(=O)[C@@](C)(O)C(=O)O)([C@@H](C)CC)N(C[2H])C(=O)[C@@H](C)O. The summed E-state index contributed by atoms with van der Waals surface area (Å²) in [7, 11) is -3.34. The largest absolute Gasteiger partial charge is 0.479 e. The van der Waals surface area contributed by atoms with Crippen LogP contribution in [0.4, 0.5) is 0 Å². The second kappa shape index (κ2) is 13.0. The lowest BCUT2D eigenvalue weighted by atomic mass is 9.62. The topological polar surface area (TPSA) is 216 Å². The molecule has 0 saturated heterocycles. The molecule has 0 spiro atoms. The van der Waals surface area contributed by atoms with E-state index in [0.717, 1.165) is 13.8 Å². The number of aliphatic hydroxyl groups is 3. The fraction of sp³-hybridized carbons (Fsp3) is 0.760. The first-order valence-corrected chi connectivity index (χ1v) is 12.0. The van der Waals surface area contributed by atoms with Gasteiger partial charge in [0.05, 0.1) is 6.04 Å². The fourth-order valence-corrected chi connectivity index (χ4v) is 4.19. The van der Waals surface area contributed by atoms with Crippen LogP contribution >= 0.6 is 0 Å². The quantitative estimate of drug-likeness (QED) is 0.140. The summed E-state index contributed by atoms with van der Waals surface area (Å²) in [5, 5.41) is 41.2. The molecule has 1 amide bonds. The van der Waals surface area contributed by atoms with E-state index in [0.29, 0.717) is 11.8 Å². The number of aliphatic carboxylic acids is 1. The number of carbonyl (C=O) groups excluding carboxylic acids is 5. The van der Waals surface area contributed by atoms with Crippen molar-refractivity contribution in [3.05, 3.63) is 0 Å². The second-order valence-electron chi connectivity index (χ2n) is 9.65. The number of ketones is 4. The van der Waals surface area contributed by atoms with E-state index in [9.17, 15) is 44.4 Å². The molecule has 0 fully saturated rings. The van der Waals surface area contributed by atoms with Crippen molar-refractivity contribution in [1.29, 1.82) is 0 Å². The van der Waals surface area contributed by atoms with E-state index in [4.69, 9.17) is 9.85 Å². The van der Waals surface area contributed by atoms with Gasteiger partial charge in [-0.1, -0.05) is 27.2 Å². The van der Waals surface area contributed by atoms with Crippen LogP contribution in [0.25, 0.3) is 0 Å². The Kier molecular flexibility index (Phi) is 10.2. The number of likely N-dealkylation sites (N-methyl/N-ethyl adjacent to an activating group) is 2. The summed E-state index contributed by atoms with van der Waals surface area (Å²) in [6.45, 7) is 6.48. The molecule has 0 bridgehead atoms. The molecule has 0 aromatic carbocycles. The molecule has 0 radical (unpaired) electrons. The second-order valence-corrected chi connectivity index (χ2v) is 9.65. The highest BCUT2D eigenvalue weighted by Gasteiger charge is 2.68. The van der Waals surface area contributed by atoms with Crippen molar-refractivity contribution in [3.63, 3.8) is 0 Å². The predicted octanol–water partition coefficient (Wildman–Crippen LogP) is -1.47. The van der Waals surface area contributed by atoms with Gasteiger partial charge >= 0.3 is 5.97 Å². The van der Waals surface area contributed by atoms with Crippen molar-refractivity contribution >= 4 is 35.0 Å². The minimum absolute atomic E-state index is 0.0102. The molecule has 13 heteroatoms. The number of carboxylic acid groups (broad SMARTS) is 1. The zero-order valence-corrected chi connectivity index (χ0v) is 22.8. The number of nitrogens with zero attached hydrogens (tertiary/aromatic N) is 2. The highest BCUT2D eigenvalue weighted by molar-refractivity contribution is 6.30. The van der Waals surface area contributed by atoms with Gasteiger partial charge in [-0.2, -0.15) is 0 Å². The molecule has 0 heterocycles. The van der Waals surface area contributed by atoms with Gasteiger partial charge < -0.3 is 31.1 Å². The van der Waals surface area contributed by atoms with E-state index in [1.807, 2.05) is 0 Å². The first kappa shape index (κ1) is 30.0. The number of hydrogen-bond acceptors (Lipinski definition) is 11. The average molecular weight is 549 g/mol. The lowest BCUT2D eigenvalue weighted by molar-refractivity contribution is -0.180. The van der Waals surface area contributed by atoms with Crippen LogP contribution < -0.4 is 5.73 Å². The molecule has 0 saturated carbocycles. The number of nitrogens with two attached hydrogens (primary N) is 1. The normalized spacial score (nSPS) is 20.7. The number of amides is 1. The lowest BCUT2D eigenvalue weighted by Gasteiger charge is -2.51. The Morgan fingerprint density at radius 1 is 0.921 bits per heavy atom. The van der Waals surface area contributed by atoms with Gasteiger partial charge in [0.25, 0.3) is 5.91 Å². The minimum Gasteiger partial charge on any atom is -0.479 e. The Labute approximate surface area is 227 Å². The molecule has 38 heavy (non-hydrogen) atoms. The summed E-state index contributed by atoms with van der Waals surface area (Å²) in [6, 6.07) is -1.29. The maximum atomic E-state index is 15.1. The number of aliphatic hydroxyl groups excluding tert-OH is 2. The number of rotatable bonds is 16. The van der Waals surface area contributed by atoms with Crippen molar-refractivity contribution in [2.75, 3.05) is 21.1 Å². The van der Waals surface area contributed by atoms with Crippen molar-refractivity contribution in [1.82, 2.24) is 9.80 Å². The summed E-state index contributed by atoms with van der Waals surface area (Å²) in [5.41, 5.74) is -3.87. The number of Topliss-reactive ketones (excluding diaryl/α,β-unsaturated/α-hetero) is 4. The van der Waals surface area contributed by atoms with Gasteiger partial charge in [0.1, 0.15) is 12.2 Å². The molecular formula is C25H43N3O10. The van der Waals surface area contributed by atoms with E-state index >= 15 is 4.79 Å². The van der Waals surface area contributed by atoms with Crippen LogP contribution in [0.15, 0.2) is 0 Å². The van der Waals surface area contributed by atoms with E-state index in [1.165, 1.54) is 20.8 Å². The third-order valence-corrected chi connectivity index (χ3v) is 6.91. The summed E-state index contributed by atoms with van der Waals surface area (Å²) in [4.78, 5) is 82.4. The van der Waals surface area contributed by atoms with Gasteiger partial charge in [0.15, 0.2) is 28.4 Å². The molecule has 0 rings (SSSR count). The Morgan fingerprint density at radius 3 is 1.79 bits per heavy atom. The van der Waals surface area contributed by atoms with Crippen LogP contribution in [0.2, 0.25) is 0 Å². The Bertz CT molecular complexity index is 1010. The summed E-state index contributed by atoms with van der Waals surface area (Å²) in [5.74, 6) is -11.1. The van der Waals surface area contributed by atoms with Gasteiger partial charge in [-0.25, -0.2) is 4.79 Å². The molecule has 13 nitrogen and oxygen atoms in total. The fourth-order valence-electron chi connectivity index (χ4n) is 4.19. The third-order valence-electron chi connectivity index (χ3n) is 6.91. The Morgan fingerprint density at radius 2 is 1.45 bits per heavy atom. The first-order chi connectivity index (χ1) is 18.8. The van der Waals surface area contributed by atoms with E-state index < -0.39 is 103 Å². The molecule has 7 atom stereocenters. The van der Waals surface area contributed by atoms with E-state index in [2.05, 4.69) is 0 Å². The van der Waals surface area contributed by atoms with Gasteiger partial charge in [-0.05, 0) is 47.2 Å². The highest BCUT2D eigenvalue weighted by Crippen LogP contribution is 2.40. The van der Waals surface area contributed by atoms with E-state index in [-0.39, 0.29) is 17.7 Å². The predicted molar refractivity (Wildman–Crippen MR) is 136 cm³/mol. The smallest absolute Gasteiger partial charge is 0.343 e. The zero-order valence-electron chi connectivity index (χ0n) is 25.8. The highest BCUT2D eigenvalue weighted by atomic mass is 16.4. The Balaban J connectivity index is 8.56. The maximum Gasteiger partial charge on any atom is 0.343 e. The van der Waals surface area contributed by atoms with Crippen LogP contribution in [0, 0.1) is 5.92 Å². The van der Waals surface area contributed by atoms with Crippen molar-refractivity contribution in [2.24, 2.45) is 11.7 Å². The summed E-state index contributed by atoms with van der Waals surface area (Å²) >= 11 is 0. The number of carboxylic acids is 1. The third kappa shape index (κ3) is 6.01. The molecule has 0 aliphatic heterocycles. The monoisotopic (exact) mass is 548 g/mol. The van der Waals surface area contributed by atoms with Gasteiger partial charge in [0, 0.05) is 17.6 Å². The molecule has 0 aromatic heterocycles. The van der Waals surface area contributed by atoms with Crippen LogP contribution in [0.1, 0.15) is 64.9 Å². The Hall–Kier alpha value is -2.58. The first-order valence-electron chi connectivity index (χ1n) is 14.1. The number of hydrogen-bond donors (Lipinski definition) is 5. The van der Waals surface area contributed by atoms with E-state index in [1.54, 1.807) is 0 Å². The van der Waals surface area contributed by atoms with Crippen LogP contribution in [0.5, 0.6) is 0 Å². The molecule has 218 valence electrons. The molecule has 6 N–H and O–H groups in total. The van der Waals surface area contributed by atoms with Crippen molar-refractivity contribution < 1.29 is 53.3 Å². The maximum absolute atomic E-state index is 15.1. The van der Waals surface area contributed by atoms with Gasteiger partial charge in [-0.15, -0.1) is 0 Å². The number of carbonyl (C=O) groups is 6. The zero-order chi connectivity index (χ0) is 32.7. The molecule has 0 aliphatic carbocycles. The lowest BCUT2D eigenvalue weighted by Crippen LogP contribution is -2.78. The molecule has 0 aromatic rings. The van der Waals surface area contributed by atoms with Crippen LogP contribution in [-0.4, -0.2) is 121 Å². The average Bonchev–Trinajstić information content (AvgIpc) is 2.92. The van der Waals surface area contributed by atoms with Gasteiger partial charge in [0.2, 0.25) is 11.4 Å². The van der Waals surface area contributed by atoms with Gasteiger partial charge in [-0.3, -0.25) is 28.9 Å². The van der Waals surface area contributed by atoms with Crippen molar-refractivity contribution in [2.45, 2.75) is 95.7 Å². The van der Waals surface area contributed by atoms with Crippen LogP contribution in [-0.2, 0) is 28.8 Å². The molecule has 1 unspecified atom stereocenters. The summed E-state index contributed by atoms with van der Waals surface area (Å²) in [6.07, 6.45) is -5.44. The molecular weight excluding hydrogens is 502 g/mol. The van der Waals surface area contributed by atoms with Crippen LogP contribution in [0.3, 0.4) is 0 Å². The standard InChI is InChI=1S/C25H43N3O10/c1-10-13(3)25(28(9)19(33)15(5)30,20(34)23(6,38)22(36)37)21(35)24(27(7)8,18(32)14(4)29)12-17(31)16(26)11-2/h13-16,29-30,38H,10-12,26H2,1-9H3,(H,36,37)/t13-,14-,15+,16?,23+,24+,25-/m0/s1/i7D,8D,9D. The van der Waals surface area contributed by atoms with Crippen molar-refractivity contribution in [3.8, 4) is 0 Å². The minimum atomic E-state index is -3.43. The molecule has 0 aliphatic rings. The summed E-state index contributed by atoms with van der Waals surface area (Å²) < 4.78 is 24.1.